The molecular weight excluding hydrogens is 448 g/mol. The number of carboxylic acid groups (broad SMARTS) is 1. The van der Waals surface area contributed by atoms with Gasteiger partial charge in [0.25, 0.3) is 10.0 Å². The third-order valence-electron chi connectivity index (χ3n) is 5.36. The molecule has 0 aliphatic carbocycles. The Morgan fingerprint density at radius 2 is 1.55 bits per heavy atom. The van der Waals surface area contributed by atoms with E-state index in [1.54, 1.807) is 31.2 Å². The molecule has 0 spiro atoms. The summed E-state index contributed by atoms with van der Waals surface area (Å²) in [5.74, 6) is -1.90. The smallest absolute Gasteiger partial charge is 0.307 e. The molecule has 5 nitrogen and oxygen atoms in total. The maximum absolute atomic E-state index is 14.0. The van der Waals surface area contributed by atoms with E-state index in [-0.39, 0.29) is 17.0 Å². The molecule has 0 aromatic heterocycles. The molecule has 0 radical (unpaired) electrons. The number of nitrogens with one attached hydrogen (secondary N) is 1. The Hall–Kier alpha value is -3.78. The van der Waals surface area contributed by atoms with E-state index in [1.807, 2.05) is 0 Å². The minimum absolute atomic E-state index is 0.00888. The Labute approximate surface area is 189 Å². The van der Waals surface area contributed by atoms with E-state index in [0.717, 1.165) is 12.1 Å². The Morgan fingerprint density at radius 3 is 2.18 bits per heavy atom. The summed E-state index contributed by atoms with van der Waals surface area (Å²) in [6.45, 7) is 1.76. The number of sulfonamides is 1. The van der Waals surface area contributed by atoms with Crippen LogP contribution in [0.15, 0.2) is 77.7 Å². The van der Waals surface area contributed by atoms with Gasteiger partial charge in [-0.3, -0.25) is 9.52 Å². The minimum Gasteiger partial charge on any atom is -0.481 e. The molecule has 168 valence electrons. The molecule has 8 heteroatoms. The summed E-state index contributed by atoms with van der Waals surface area (Å²) in [5.41, 5.74) is 2.75. The van der Waals surface area contributed by atoms with Crippen molar-refractivity contribution in [1.82, 2.24) is 0 Å². The van der Waals surface area contributed by atoms with Crippen LogP contribution in [-0.2, 0) is 21.2 Å². The van der Waals surface area contributed by atoms with Crippen LogP contribution in [0.25, 0.3) is 21.9 Å². The maximum atomic E-state index is 14.0. The summed E-state index contributed by atoms with van der Waals surface area (Å²) in [7, 11) is -3.92. The highest BCUT2D eigenvalue weighted by atomic mass is 32.2. The van der Waals surface area contributed by atoms with Crippen LogP contribution in [0.4, 0.5) is 14.5 Å². The number of benzene rings is 4. The van der Waals surface area contributed by atoms with Crippen molar-refractivity contribution in [2.45, 2.75) is 18.2 Å². The zero-order valence-corrected chi connectivity index (χ0v) is 18.3. The maximum Gasteiger partial charge on any atom is 0.307 e. The molecule has 2 N–H and O–H groups in total. The van der Waals surface area contributed by atoms with E-state index in [1.165, 1.54) is 36.4 Å². The van der Waals surface area contributed by atoms with Gasteiger partial charge < -0.3 is 5.11 Å². The number of hydrogen-bond acceptors (Lipinski definition) is 3. The van der Waals surface area contributed by atoms with Gasteiger partial charge in [-0.15, -0.1) is 0 Å². The van der Waals surface area contributed by atoms with Crippen molar-refractivity contribution >= 4 is 32.5 Å². The third-order valence-corrected chi connectivity index (χ3v) is 6.76. The van der Waals surface area contributed by atoms with E-state index in [0.29, 0.717) is 33.0 Å². The summed E-state index contributed by atoms with van der Waals surface area (Å²) < 4.78 is 54.9. The van der Waals surface area contributed by atoms with Crippen molar-refractivity contribution in [3.8, 4) is 11.1 Å². The summed E-state index contributed by atoms with van der Waals surface area (Å²) >= 11 is 0. The molecule has 4 rings (SSSR count). The van der Waals surface area contributed by atoms with Crippen LogP contribution < -0.4 is 4.72 Å². The first-order valence-corrected chi connectivity index (χ1v) is 11.4. The lowest BCUT2D eigenvalue weighted by atomic mass is 9.89. The molecule has 0 aliphatic heterocycles. The van der Waals surface area contributed by atoms with E-state index < -0.39 is 27.6 Å². The molecule has 0 saturated heterocycles. The average Bonchev–Trinajstić information content (AvgIpc) is 2.76. The normalized spacial score (nSPS) is 11.5. The molecule has 33 heavy (non-hydrogen) atoms. The van der Waals surface area contributed by atoms with Gasteiger partial charge in [0.15, 0.2) is 0 Å². The molecule has 0 heterocycles. The van der Waals surface area contributed by atoms with Crippen LogP contribution in [0, 0.1) is 18.6 Å². The molecule has 0 saturated carbocycles. The summed E-state index contributed by atoms with van der Waals surface area (Å²) in [5, 5.41) is 10.6. The monoisotopic (exact) mass is 467 g/mol. The lowest BCUT2D eigenvalue weighted by molar-refractivity contribution is -0.136. The number of carbonyl (C=O) groups is 1. The summed E-state index contributed by atoms with van der Waals surface area (Å²) in [6.07, 6.45) is -0.194. The van der Waals surface area contributed by atoms with Crippen molar-refractivity contribution in [2.24, 2.45) is 0 Å². The second-order valence-electron chi connectivity index (χ2n) is 7.61. The largest absolute Gasteiger partial charge is 0.481 e. The van der Waals surface area contributed by atoms with Gasteiger partial charge in [-0.1, -0.05) is 24.3 Å². The fourth-order valence-electron chi connectivity index (χ4n) is 3.78. The second kappa shape index (κ2) is 8.63. The number of anilines is 1. The van der Waals surface area contributed by atoms with Crippen LogP contribution in [-0.4, -0.2) is 19.5 Å². The molecule has 4 aromatic rings. The Kier molecular flexibility index (Phi) is 5.86. The van der Waals surface area contributed by atoms with Crippen LogP contribution in [0.2, 0.25) is 0 Å². The van der Waals surface area contributed by atoms with Gasteiger partial charge in [0.1, 0.15) is 11.6 Å². The Bertz CT molecular complexity index is 1470. The van der Waals surface area contributed by atoms with E-state index in [9.17, 15) is 27.1 Å². The first kappa shape index (κ1) is 22.4. The fourth-order valence-corrected chi connectivity index (χ4v) is 4.84. The van der Waals surface area contributed by atoms with Gasteiger partial charge in [0.05, 0.1) is 11.3 Å². The van der Waals surface area contributed by atoms with Crippen molar-refractivity contribution in [2.75, 3.05) is 4.72 Å². The first-order chi connectivity index (χ1) is 15.6. The van der Waals surface area contributed by atoms with Crippen molar-refractivity contribution in [1.29, 1.82) is 0 Å². The van der Waals surface area contributed by atoms with Crippen LogP contribution in [0.1, 0.15) is 11.1 Å². The summed E-state index contributed by atoms with van der Waals surface area (Å²) in [4.78, 5) is 11.3. The highest BCUT2D eigenvalue weighted by Crippen LogP contribution is 2.35. The lowest BCUT2D eigenvalue weighted by Gasteiger charge is -2.16. The van der Waals surface area contributed by atoms with E-state index in [4.69, 9.17) is 0 Å². The topological polar surface area (TPSA) is 83.5 Å². The molecule has 0 bridgehead atoms. The Morgan fingerprint density at radius 1 is 0.909 bits per heavy atom. The van der Waals surface area contributed by atoms with Crippen molar-refractivity contribution in [3.05, 3.63) is 95.6 Å². The quantitative estimate of drug-likeness (QED) is 0.391. The van der Waals surface area contributed by atoms with Crippen LogP contribution in [0.5, 0.6) is 0 Å². The van der Waals surface area contributed by atoms with Gasteiger partial charge in [-0.2, -0.15) is 0 Å². The fraction of sp³-hybridized carbons (Fsp3) is 0.0800. The van der Waals surface area contributed by atoms with Crippen LogP contribution >= 0.6 is 0 Å². The predicted molar refractivity (Wildman–Crippen MR) is 123 cm³/mol. The molecular formula is C25H19F2NO4S. The van der Waals surface area contributed by atoms with Crippen molar-refractivity contribution in [3.63, 3.8) is 0 Å². The number of aliphatic carboxylic acids is 1. The van der Waals surface area contributed by atoms with Gasteiger partial charge >= 0.3 is 5.97 Å². The van der Waals surface area contributed by atoms with Gasteiger partial charge in [0, 0.05) is 5.69 Å². The minimum atomic E-state index is -3.92. The number of carboxylic acids is 1. The number of rotatable bonds is 6. The molecule has 0 atom stereocenters. The van der Waals surface area contributed by atoms with Gasteiger partial charge in [-0.05, 0) is 88.5 Å². The predicted octanol–water partition coefficient (Wildman–Crippen LogP) is 5.52. The zero-order valence-electron chi connectivity index (χ0n) is 17.5. The number of hydrogen-bond donors (Lipinski definition) is 2. The molecule has 4 aromatic carbocycles. The molecule has 0 unspecified atom stereocenters. The highest BCUT2D eigenvalue weighted by molar-refractivity contribution is 7.92. The SMILES string of the molecule is Cc1c(CC(=O)O)cc2ccc(F)cc2c1-c1ccc(S(=O)(=O)Nc2ccc(F)cc2)cc1. The highest BCUT2D eigenvalue weighted by Gasteiger charge is 2.18. The molecule has 0 amide bonds. The standard InChI is InChI=1S/C25H19F2NO4S/c1-15-18(13-24(29)30)12-17-2-5-20(27)14-23(17)25(15)16-3-10-22(11-4-16)33(31,32)28-21-8-6-19(26)7-9-21/h2-12,14,28H,13H2,1H3,(H,29,30). The Balaban J connectivity index is 1.77. The van der Waals surface area contributed by atoms with Gasteiger partial charge in [-0.25, -0.2) is 17.2 Å². The summed E-state index contributed by atoms with van der Waals surface area (Å²) in [6, 6.07) is 17.0. The third kappa shape index (κ3) is 4.70. The average molecular weight is 467 g/mol. The van der Waals surface area contributed by atoms with Crippen molar-refractivity contribution < 1.29 is 27.1 Å². The first-order valence-electron chi connectivity index (χ1n) is 9.96. The number of halogens is 2. The zero-order chi connectivity index (χ0) is 23.8. The number of fused-ring (bicyclic) bond motifs is 1. The van der Waals surface area contributed by atoms with Crippen LogP contribution in [0.3, 0.4) is 0 Å². The van der Waals surface area contributed by atoms with Gasteiger partial charge in [0.2, 0.25) is 0 Å². The van der Waals surface area contributed by atoms with E-state index in [2.05, 4.69) is 4.72 Å². The van der Waals surface area contributed by atoms with E-state index >= 15 is 0 Å². The molecule has 0 fully saturated rings. The second-order valence-corrected chi connectivity index (χ2v) is 9.29. The lowest BCUT2D eigenvalue weighted by Crippen LogP contribution is -2.12. The molecule has 0 aliphatic rings.